The first-order valence-electron chi connectivity index (χ1n) is 14.6. The van der Waals surface area contributed by atoms with Crippen LogP contribution >= 0.6 is 0 Å². The molecule has 1 aliphatic heterocycles. The number of phenolic OH excluding ortho intramolecular Hbond substituents is 1. The molecule has 2 aromatic rings. The summed E-state index contributed by atoms with van der Waals surface area (Å²) in [7, 11) is 0. The van der Waals surface area contributed by atoms with Gasteiger partial charge in [-0.3, -0.25) is 19.2 Å². The van der Waals surface area contributed by atoms with E-state index in [1.807, 2.05) is 20.8 Å². The smallest absolute Gasteiger partial charge is 0.303 e. The van der Waals surface area contributed by atoms with Crippen LogP contribution in [0.1, 0.15) is 105 Å². The highest BCUT2D eigenvalue weighted by Crippen LogP contribution is 2.42. The zero-order chi connectivity index (χ0) is 30.9. The van der Waals surface area contributed by atoms with Crippen molar-refractivity contribution in [1.82, 2.24) is 0 Å². The second-order valence-corrected chi connectivity index (χ2v) is 10.9. The molecule has 0 amide bonds. The highest BCUT2D eigenvalue weighted by molar-refractivity contribution is 6.01. The molecule has 0 aliphatic carbocycles. The van der Waals surface area contributed by atoms with Gasteiger partial charge in [-0.05, 0) is 57.4 Å². The molecule has 1 heterocycles. The van der Waals surface area contributed by atoms with E-state index in [-0.39, 0.29) is 48.1 Å². The Bertz CT molecular complexity index is 1310. The molecule has 0 radical (unpaired) electrons. The number of Topliss-reactive ketones (excluding diaryl/α,β-unsaturated/α-hetero) is 3. The van der Waals surface area contributed by atoms with Crippen LogP contribution in [0, 0.1) is 0 Å². The van der Waals surface area contributed by atoms with Gasteiger partial charge in [0, 0.05) is 30.9 Å². The van der Waals surface area contributed by atoms with Crippen LogP contribution in [0.2, 0.25) is 0 Å². The molecule has 1 atom stereocenters. The van der Waals surface area contributed by atoms with Gasteiger partial charge in [0.2, 0.25) is 0 Å². The van der Waals surface area contributed by atoms with Gasteiger partial charge in [0.05, 0.1) is 30.8 Å². The van der Waals surface area contributed by atoms with Gasteiger partial charge in [-0.2, -0.15) is 0 Å². The number of ether oxygens (including phenoxy) is 4. The standard InChI is InChI=1S/C33H42O9/c1-6-9-26-29(13-11-24(21(3)34)31(26)38)39-17-8-18-40-30-14-12-25-28(37)19-33(5,42-32(25)27(30)10-7-2)16-15-23(36)20-41-22(4)35/h11-14,38H,6-10,15-20H2,1-5H3. The normalized spacial score (nSPS) is 15.9. The van der Waals surface area contributed by atoms with E-state index in [4.69, 9.17) is 18.9 Å². The molecule has 2 aromatic carbocycles. The third kappa shape index (κ3) is 8.33. The van der Waals surface area contributed by atoms with Crippen molar-refractivity contribution >= 4 is 23.3 Å². The number of esters is 1. The highest BCUT2D eigenvalue weighted by Gasteiger charge is 2.38. The summed E-state index contributed by atoms with van der Waals surface area (Å²) < 4.78 is 23.3. The first-order valence-corrected chi connectivity index (χ1v) is 14.6. The van der Waals surface area contributed by atoms with E-state index >= 15 is 0 Å². The molecular weight excluding hydrogens is 540 g/mol. The van der Waals surface area contributed by atoms with E-state index in [1.165, 1.54) is 13.8 Å². The maximum Gasteiger partial charge on any atom is 0.303 e. The van der Waals surface area contributed by atoms with Gasteiger partial charge in [0.25, 0.3) is 0 Å². The van der Waals surface area contributed by atoms with Crippen LogP contribution in [0.25, 0.3) is 0 Å². The average molecular weight is 583 g/mol. The fourth-order valence-electron chi connectivity index (χ4n) is 5.03. The Kier molecular flexibility index (Phi) is 11.5. The molecule has 1 aliphatic rings. The first kappa shape index (κ1) is 32.6. The minimum Gasteiger partial charge on any atom is -0.507 e. The van der Waals surface area contributed by atoms with Crippen molar-refractivity contribution in [3.63, 3.8) is 0 Å². The average Bonchev–Trinajstić information content (AvgIpc) is 2.93. The van der Waals surface area contributed by atoms with Crippen molar-refractivity contribution in [2.45, 2.75) is 91.6 Å². The fraction of sp³-hybridized carbons (Fsp3) is 0.515. The molecule has 3 rings (SSSR count). The van der Waals surface area contributed by atoms with Gasteiger partial charge in [-0.25, -0.2) is 0 Å². The summed E-state index contributed by atoms with van der Waals surface area (Å²) in [5.41, 5.74) is 1.37. The Morgan fingerprint density at radius 1 is 0.952 bits per heavy atom. The predicted octanol–water partition coefficient (Wildman–Crippen LogP) is 5.98. The molecule has 9 nitrogen and oxygen atoms in total. The number of phenols is 1. The van der Waals surface area contributed by atoms with Crippen molar-refractivity contribution in [2.75, 3.05) is 19.8 Å². The molecule has 1 unspecified atom stereocenters. The molecule has 0 aromatic heterocycles. The fourth-order valence-corrected chi connectivity index (χ4v) is 5.03. The molecule has 9 heteroatoms. The number of hydrogen-bond acceptors (Lipinski definition) is 9. The van der Waals surface area contributed by atoms with Gasteiger partial charge in [-0.1, -0.05) is 26.7 Å². The minimum absolute atomic E-state index is 0.0216. The summed E-state index contributed by atoms with van der Waals surface area (Å²) >= 11 is 0. The van der Waals surface area contributed by atoms with Gasteiger partial charge < -0.3 is 24.1 Å². The summed E-state index contributed by atoms with van der Waals surface area (Å²) in [4.78, 5) is 48.1. The van der Waals surface area contributed by atoms with Crippen molar-refractivity contribution in [1.29, 1.82) is 0 Å². The number of rotatable bonds is 16. The van der Waals surface area contributed by atoms with Crippen LogP contribution in [-0.2, 0) is 27.2 Å². The quantitative estimate of drug-likeness (QED) is 0.144. The summed E-state index contributed by atoms with van der Waals surface area (Å²) in [5, 5.41) is 10.6. The second-order valence-electron chi connectivity index (χ2n) is 10.9. The maximum absolute atomic E-state index is 13.1. The van der Waals surface area contributed by atoms with Crippen LogP contribution in [0.15, 0.2) is 24.3 Å². The van der Waals surface area contributed by atoms with E-state index in [0.717, 1.165) is 18.4 Å². The van der Waals surface area contributed by atoms with Crippen molar-refractivity contribution in [3.05, 3.63) is 46.5 Å². The minimum atomic E-state index is -0.870. The maximum atomic E-state index is 13.1. The van der Waals surface area contributed by atoms with Gasteiger partial charge in [0.1, 0.15) is 35.2 Å². The van der Waals surface area contributed by atoms with E-state index in [9.17, 15) is 24.3 Å². The highest BCUT2D eigenvalue weighted by atomic mass is 16.5. The topological polar surface area (TPSA) is 125 Å². The number of carbonyl (C=O) groups is 4. The van der Waals surface area contributed by atoms with Crippen molar-refractivity contribution in [3.8, 4) is 23.0 Å². The number of hydrogen-bond donors (Lipinski definition) is 1. The second kappa shape index (κ2) is 14.8. The van der Waals surface area contributed by atoms with Crippen LogP contribution in [0.4, 0.5) is 0 Å². The van der Waals surface area contributed by atoms with Crippen LogP contribution in [-0.4, -0.2) is 53.8 Å². The molecule has 228 valence electrons. The Balaban J connectivity index is 1.67. The van der Waals surface area contributed by atoms with E-state index in [1.54, 1.807) is 24.3 Å². The lowest BCUT2D eigenvalue weighted by molar-refractivity contribution is -0.145. The third-order valence-corrected chi connectivity index (χ3v) is 7.19. The van der Waals surface area contributed by atoms with Crippen LogP contribution in [0.5, 0.6) is 23.0 Å². The summed E-state index contributed by atoms with van der Waals surface area (Å²) in [6, 6.07) is 6.83. The molecule has 0 bridgehead atoms. The van der Waals surface area contributed by atoms with E-state index < -0.39 is 11.6 Å². The summed E-state index contributed by atoms with van der Waals surface area (Å²) in [5.74, 6) is 0.676. The number of ketones is 3. The lowest BCUT2D eigenvalue weighted by atomic mass is 9.86. The van der Waals surface area contributed by atoms with E-state index in [0.29, 0.717) is 67.3 Å². The lowest BCUT2D eigenvalue weighted by Crippen LogP contribution is -2.40. The SMILES string of the molecule is CCCc1c(OCCCOc2ccc3c(c2CCC)OC(C)(CCC(=O)COC(C)=O)CC3=O)ccc(C(C)=O)c1O. The Labute approximate surface area is 247 Å². The predicted molar refractivity (Wildman–Crippen MR) is 157 cm³/mol. The third-order valence-electron chi connectivity index (χ3n) is 7.19. The lowest BCUT2D eigenvalue weighted by Gasteiger charge is -2.36. The molecule has 0 fully saturated rings. The molecule has 1 N–H and O–H groups in total. The molecule has 42 heavy (non-hydrogen) atoms. The summed E-state index contributed by atoms with van der Waals surface area (Å²) in [6.45, 7) is 8.94. The zero-order valence-corrected chi connectivity index (χ0v) is 25.3. The Morgan fingerprint density at radius 2 is 1.57 bits per heavy atom. The number of fused-ring (bicyclic) bond motifs is 1. The van der Waals surface area contributed by atoms with Gasteiger partial charge >= 0.3 is 5.97 Å². The Morgan fingerprint density at radius 3 is 2.19 bits per heavy atom. The monoisotopic (exact) mass is 582 g/mol. The number of benzene rings is 2. The zero-order valence-electron chi connectivity index (χ0n) is 25.3. The van der Waals surface area contributed by atoms with Gasteiger partial charge in [0.15, 0.2) is 17.3 Å². The molecule has 0 saturated heterocycles. The molecule has 0 saturated carbocycles. The van der Waals surface area contributed by atoms with Gasteiger partial charge in [-0.15, -0.1) is 0 Å². The number of aromatic hydroxyl groups is 1. The summed E-state index contributed by atoms with van der Waals surface area (Å²) in [6.07, 6.45) is 3.98. The Hall–Kier alpha value is -3.88. The number of carbonyl (C=O) groups excluding carboxylic acids is 4. The van der Waals surface area contributed by atoms with Crippen molar-refractivity contribution < 1.29 is 43.2 Å². The first-order chi connectivity index (χ1) is 20.0. The van der Waals surface area contributed by atoms with Crippen molar-refractivity contribution in [2.24, 2.45) is 0 Å². The van der Waals surface area contributed by atoms with Crippen LogP contribution < -0.4 is 14.2 Å². The molecular formula is C33H42O9. The molecule has 0 spiro atoms. The van der Waals surface area contributed by atoms with Crippen LogP contribution in [0.3, 0.4) is 0 Å². The largest absolute Gasteiger partial charge is 0.507 e. The van der Waals surface area contributed by atoms with E-state index in [2.05, 4.69) is 0 Å².